The third-order valence-electron chi connectivity index (χ3n) is 7.45. The summed E-state index contributed by atoms with van der Waals surface area (Å²) in [5.74, 6) is -0.787. The van der Waals surface area contributed by atoms with Gasteiger partial charge in [0.1, 0.15) is 0 Å². The minimum atomic E-state index is -4.78. The van der Waals surface area contributed by atoms with Crippen LogP contribution in [0.15, 0.2) is 80.8 Å². The standard InChI is InChI=1S/C17H10BrCl3F3NO.C17H9BrCl3F3O/c1-8-4-9(2-3-11(8)18)14-7-16(26-25-14,17(22,23)24)10-5-12(19)15(21)13(20)6-10;1-8-4-9(2-3-12(8)18)15(25)7-11(17(22,23)24)10-5-13(19)16(21)14(20)6-10/h2-6H,7H2,1H3;2-7H,1H3. The first-order valence-corrected chi connectivity index (χ1v) is 17.9. The van der Waals surface area contributed by atoms with Crippen LogP contribution >= 0.6 is 101 Å². The first-order valence-electron chi connectivity index (χ1n) is 14.0. The summed E-state index contributed by atoms with van der Waals surface area (Å²) in [6, 6.07) is 13.9. The van der Waals surface area contributed by atoms with Crippen molar-refractivity contribution < 1.29 is 36.0 Å². The number of aryl methyl sites for hydroxylation is 2. The van der Waals surface area contributed by atoms with Crippen molar-refractivity contribution in [3.63, 3.8) is 0 Å². The van der Waals surface area contributed by atoms with Gasteiger partial charge in [0.25, 0.3) is 5.60 Å². The number of allylic oxidation sites excluding steroid dienone is 2. The molecule has 3 nitrogen and oxygen atoms in total. The summed E-state index contributed by atoms with van der Waals surface area (Å²) in [7, 11) is 0. The molecule has 0 aliphatic carbocycles. The van der Waals surface area contributed by atoms with E-state index in [1.807, 2.05) is 6.92 Å². The summed E-state index contributed by atoms with van der Waals surface area (Å²) in [6.07, 6.45) is -9.51. The third-order valence-corrected chi connectivity index (χ3v) is 11.6. The van der Waals surface area contributed by atoms with Crippen molar-refractivity contribution in [1.29, 1.82) is 0 Å². The molecule has 1 aliphatic heterocycles. The van der Waals surface area contributed by atoms with Gasteiger partial charge in [-0.1, -0.05) is 113 Å². The lowest BCUT2D eigenvalue weighted by atomic mass is 9.86. The van der Waals surface area contributed by atoms with E-state index < -0.39 is 35.7 Å². The molecule has 0 saturated carbocycles. The molecule has 0 spiro atoms. The Hall–Kier alpha value is -1.96. The van der Waals surface area contributed by atoms with Crippen molar-refractivity contribution in [3.8, 4) is 0 Å². The highest BCUT2D eigenvalue weighted by Crippen LogP contribution is 2.51. The number of carbonyl (C=O) groups excluding carboxylic acids is 1. The van der Waals surface area contributed by atoms with E-state index in [4.69, 9.17) is 74.4 Å². The Balaban J connectivity index is 0.000000229. The number of hydrogen-bond acceptors (Lipinski definition) is 3. The Morgan fingerprint density at radius 1 is 0.745 bits per heavy atom. The predicted molar refractivity (Wildman–Crippen MR) is 199 cm³/mol. The summed E-state index contributed by atoms with van der Waals surface area (Å²) in [6.45, 7) is 3.56. The number of alkyl halides is 6. The first-order chi connectivity index (χ1) is 23.6. The molecule has 0 radical (unpaired) electrons. The van der Waals surface area contributed by atoms with E-state index in [9.17, 15) is 31.1 Å². The summed E-state index contributed by atoms with van der Waals surface area (Å²) < 4.78 is 83.8. The quantitative estimate of drug-likeness (QED) is 0.0865. The van der Waals surface area contributed by atoms with E-state index in [0.717, 1.165) is 44.3 Å². The number of carbonyl (C=O) groups is 1. The van der Waals surface area contributed by atoms with E-state index in [1.54, 1.807) is 31.2 Å². The molecule has 17 heteroatoms. The van der Waals surface area contributed by atoms with Gasteiger partial charge in [0.2, 0.25) is 0 Å². The van der Waals surface area contributed by atoms with Gasteiger partial charge in [-0.2, -0.15) is 26.3 Å². The third kappa shape index (κ3) is 9.41. The molecule has 0 saturated heterocycles. The van der Waals surface area contributed by atoms with Gasteiger partial charge in [-0.3, -0.25) is 4.79 Å². The molecular formula is C34H19Br2Cl6F6NO2. The van der Waals surface area contributed by atoms with Crippen LogP contribution in [0.5, 0.6) is 0 Å². The van der Waals surface area contributed by atoms with Gasteiger partial charge in [-0.25, -0.2) is 0 Å². The van der Waals surface area contributed by atoms with E-state index in [1.165, 1.54) is 12.1 Å². The molecule has 270 valence electrons. The van der Waals surface area contributed by atoms with Crippen molar-refractivity contribution in [2.24, 2.45) is 5.16 Å². The second-order valence-electron chi connectivity index (χ2n) is 11.0. The van der Waals surface area contributed by atoms with Crippen LogP contribution in [-0.4, -0.2) is 23.8 Å². The molecule has 0 fully saturated rings. The normalized spacial score (nSPS) is 16.3. The van der Waals surface area contributed by atoms with Crippen LogP contribution < -0.4 is 0 Å². The largest absolute Gasteiger partial charge is 0.435 e. The molecule has 1 aliphatic rings. The number of hydrogen-bond donors (Lipinski definition) is 0. The molecule has 0 amide bonds. The fraction of sp³-hybridized carbons (Fsp3) is 0.176. The Morgan fingerprint density at radius 2 is 1.24 bits per heavy atom. The highest BCUT2D eigenvalue weighted by molar-refractivity contribution is 9.10. The first kappa shape index (κ1) is 41.8. The average Bonchev–Trinajstić information content (AvgIpc) is 3.50. The molecule has 1 atom stereocenters. The fourth-order valence-electron chi connectivity index (χ4n) is 4.72. The minimum absolute atomic E-state index is 0.0166. The summed E-state index contributed by atoms with van der Waals surface area (Å²) in [5.41, 5.74) is -1.97. The van der Waals surface area contributed by atoms with Crippen LogP contribution in [0, 0.1) is 13.8 Å². The smallest absolute Gasteiger partial charge is 0.374 e. The zero-order chi connectivity index (χ0) is 38.2. The SMILES string of the molecule is Cc1cc(C(=O)C=C(c2cc(Cl)c(Cl)c(Cl)c2)C(F)(F)F)ccc1Br.Cc1cc(C2=NOC(c3cc(Cl)c(Cl)c(Cl)c3)(C(F)(F)F)C2)ccc1Br. The molecule has 4 aromatic rings. The van der Waals surface area contributed by atoms with Gasteiger partial charge in [-0.15, -0.1) is 0 Å². The Kier molecular flexibility index (Phi) is 13.3. The molecule has 4 aromatic carbocycles. The van der Waals surface area contributed by atoms with Crippen molar-refractivity contribution in [2.75, 3.05) is 0 Å². The van der Waals surface area contributed by atoms with Crippen LogP contribution in [0.1, 0.15) is 44.6 Å². The Labute approximate surface area is 334 Å². The maximum Gasteiger partial charge on any atom is 0.435 e. The fourth-order valence-corrected chi connectivity index (χ4v) is 6.41. The van der Waals surface area contributed by atoms with Crippen molar-refractivity contribution in [1.82, 2.24) is 0 Å². The highest BCUT2D eigenvalue weighted by Gasteiger charge is 2.62. The monoisotopic (exact) mass is 955 g/mol. The van der Waals surface area contributed by atoms with Crippen molar-refractivity contribution in [3.05, 3.63) is 139 Å². The van der Waals surface area contributed by atoms with Crippen LogP contribution in [0.3, 0.4) is 0 Å². The van der Waals surface area contributed by atoms with E-state index in [2.05, 4.69) is 37.0 Å². The van der Waals surface area contributed by atoms with Crippen LogP contribution in [0.25, 0.3) is 5.57 Å². The number of halogens is 14. The summed E-state index contributed by atoms with van der Waals surface area (Å²) in [4.78, 5) is 17.3. The number of benzene rings is 4. The Bertz CT molecular complexity index is 2040. The average molecular weight is 960 g/mol. The maximum absolute atomic E-state index is 14.0. The van der Waals surface area contributed by atoms with Crippen LogP contribution in [-0.2, 0) is 10.4 Å². The molecular weight excluding hydrogens is 941 g/mol. The molecule has 1 unspecified atom stereocenters. The van der Waals surface area contributed by atoms with Gasteiger partial charge in [0, 0.05) is 26.5 Å². The molecule has 0 aromatic heterocycles. The topological polar surface area (TPSA) is 38.7 Å². The lowest BCUT2D eigenvalue weighted by molar-refractivity contribution is -0.275. The lowest BCUT2D eigenvalue weighted by Crippen LogP contribution is -2.42. The highest BCUT2D eigenvalue weighted by atomic mass is 79.9. The Morgan fingerprint density at radius 3 is 1.71 bits per heavy atom. The minimum Gasteiger partial charge on any atom is -0.374 e. The van der Waals surface area contributed by atoms with Crippen molar-refractivity contribution in [2.45, 2.75) is 38.2 Å². The van der Waals surface area contributed by atoms with Gasteiger partial charge in [0.15, 0.2) is 5.78 Å². The second kappa shape index (κ2) is 16.2. The van der Waals surface area contributed by atoms with E-state index in [-0.39, 0.29) is 52.5 Å². The lowest BCUT2D eigenvalue weighted by Gasteiger charge is -2.30. The number of oxime groups is 1. The summed E-state index contributed by atoms with van der Waals surface area (Å²) in [5, 5.41) is 3.20. The summed E-state index contributed by atoms with van der Waals surface area (Å²) >= 11 is 41.7. The van der Waals surface area contributed by atoms with Crippen LogP contribution in [0.4, 0.5) is 26.3 Å². The van der Waals surface area contributed by atoms with E-state index in [0.29, 0.717) is 11.6 Å². The van der Waals surface area contributed by atoms with Crippen molar-refractivity contribution >= 4 is 119 Å². The molecule has 0 bridgehead atoms. The molecule has 1 heterocycles. The number of ketones is 1. The second-order valence-corrected chi connectivity index (χ2v) is 15.1. The predicted octanol–water partition coefficient (Wildman–Crippen LogP) is 14.8. The molecule has 5 rings (SSSR count). The van der Waals surface area contributed by atoms with Crippen LogP contribution in [0.2, 0.25) is 30.1 Å². The van der Waals surface area contributed by atoms with Gasteiger partial charge in [-0.05, 0) is 96.8 Å². The number of rotatable bonds is 5. The van der Waals surface area contributed by atoms with Gasteiger partial charge >= 0.3 is 12.4 Å². The molecule has 0 N–H and O–H groups in total. The van der Waals surface area contributed by atoms with Gasteiger partial charge < -0.3 is 4.84 Å². The van der Waals surface area contributed by atoms with E-state index >= 15 is 0 Å². The zero-order valence-corrected chi connectivity index (χ0v) is 33.3. The van der Waals surface area contributed by atoms with Gasteiger partial charge in [0.05, 0.1) is 41.4 Å². The zero-order valence-electron chi connectivity index (χ0n) is 25.6. The molecule has 51 heavy (non-hydrogen) atoms. The maximum atomic E-state index is 14.0. The number of nitrogens with zero attached hydrogens (tertiary/aromatic N) is 1.